The molecule has 0 saturated heterocycles. The fraction of sp³-hybridized carbons (Fsp3) is 0.750. The van der Waals surface area contributed by atoms with Crippen molar-refractivity contribution in [2.75, 3.05) is 0 Å². The average molecular weight is 385 g/mol. The zero-order valence-electron chi connectivity index (χ0n) is 18.2. The molecule has 27 heavy (non-hydrogen) atoms. The summed E-state index contributed by atoms with van der Waals surface area (Å²) in [7, 11) is 0. The van der Waals surface area contributed by atoms with E-state index in [0.29, 0.717) is 37.0 Å². The van der Waals surface area contributed by atoms with Crippen molar-refractivity contribution in [3.05, 3.63) is 34.2 Å². The van der Waals surface area contributed by atoms with E-state index in [1.165, 1.54) is 19.3 Å². The lowest BCUT2D eigenvalue weighted by atomic mass is 9.91. The van der Waals surface area contributed by atoms with Crippen molar-refractivity contribution in [2.45, 2.75) is 99.3 Å². The van der Waals surface area contributed by atoms with Gasteiger partial charge in [0.15, 0.2) is 0 Å². The second-order valence-electron chi connectivity index (χ2n) is 9.10. The first kappa shape index (κ1) is 24.0. The second-order valence-corrected chi connectivity index (χ2v) is 9.10. The summed E-state index contributed by atoms with van der Waals surface area (Å²) in [5.41, 5.74) is 2.90. The third-order valence-electron chi connectivity index (χ3n) is 6.01. The fourth-order valence-electron chi connectivity index (χ4n) is 3.54. The highest BCUT2D eigenvalue weighted by atomic mass is 19.1. The molecule has 0 aromatic rings. The number of halogens is 3. The predicted molar refractivity (Wildman–Crippen MR) is 110 cm³/mol. The highest BCUT2D eigenvalue weighted by molar-refractivity contribution is 5.10. The Hall–Kier alpha value is -0.990. The molecule has 0 aromatic carbocycles. The molecule has 3 aliphatic rings. The number of hydrogen-bond donors (Lipinski definition) is 0. The molecule has 3 atom stereocenters. The van der Waals surface area contributed by atoms with E-state index in [9.17, 15) is 13.2 Å². The highest BCUT2D eigenvalue weighted by Gasteiger charge is 2.15. The Kier molecular flexibility index (Phi) is 10.5. The van der Waals surface area contributed by atoms with Gasteiger partial charge in [0.2, 0.25) is 0 Å². The molecule has 0 bridgehead atoms. The molecule has 3 aliphatic carbocycles. The van der Waals surface area contributed by atoms with E-state index in [1.807, 2.05) is 20.8 Å². The molecule has 0 nitrogen and oxygen atoms in total. The molecule has 156 valence electrons. The van der Waals surface area contributed by atoms with Crippen LogP contribution in [0.5, 0.6) is 0 Å². The molecule has 3 unspecified atom stereocenters. The summed E-state index contributed by atoms with van der Waals surface area (Å²) in [6.07, 6.45) is 8.41. The van der Waals surface area contributed by atoms with E-state index >= 15 is 0 Å². The van der Waals surface area contributed by atoms with E-state index < -0.39 is 0 Å². The van der Waals surface area contributed by atoms with Crippen LogP contribution < -0.4 is 0 Å². The van der Waals surface area contributed by atoms with Crippen LogP contribution in [0.2, 0.25) is 0 Å². The lowest BCUT2D eigenvalue weighted by molar-refractivity contribution is 0.422. The SMILES string of the molecule is CC1=C(F)CC(C)CC1.CC1=C(F)CC(C)CC1.CC1=C(F)CC(C)CC1. The average Bonchev–Trinajstić information content (AvgIpc) is 2.60. The Morgan fingerprint density at radius 2 is 0.741 bits per heavy atom. The van der Waals surface area contributed by atoms with Crippen LogP contribution in [0, 0.1) is 17.8 Å². The van der Waals surface area contributed by atoms with Crippen LogP contribution in [0.1, 0.15) is 99.3 Å². The van der Waals surface area contributed by atoms with Crippen LogP contribution in [-0.4, -0.2) is 0 Å². The van der Waals surface area contributed by atoms with E-state index in [4.69, 9.17) is 0 Å². The summed E-state index contributed by atoms with van der Waals surface area (Å²) in [6.45, 7) is 12.0. The largest absolute Gasteiger partial charge is 0.212 e. The van der Waals surface area contributed by atoms with Gasteiger partial charge in [0.05, 0.1) is 17.5 Å². The van der Waals surface area contributed by atoms with E-state index in [1.54, 1.807) is 0 Å². The first-order valence-electron chi connectivity index (χ1n) is 10.6. The van der Waals surface area contributed by atoms with Crippen molar-refractivity contribution in [1.29, 1.82) is 0 Å². The predicted octanol–water partition coefficient (Wildman–Crippen LogP) is 9.15. The maximum absolute atomic E-state index is 12.7. The van der Waals surface area contributed by atoms with Gasteiger partial charge in [-0.1, -0.05) is 20.8 Å². The van der Waals surface area contributed by atoms with Gasteiger partial charge in [-0.25, -0.2) is 13.2 Å². The minimum atomic E-state index is 0.133. The molecule has 0 aliphatic heterocycles. The quantitative estimate of drug-likeness (QED) is 0.390. The second kappa shape index (κ2) is 11.8. The minimum absolute atomic E-state index is 0.133. The van der Waals surface area contributed by atoms with Gasteiger partial charge in [-0.05, 0) is 93.8 Å². The van der Waals surface area contributed by atoms with Gasteiger partial charge >= 0.3 is 0 Å². The van der Waals surface area contributed by atoms with E-state index in [0.717, 1.165) is 36.0 Å². The minimum Gasteiger partial charge on any atom is -0.212 e. The van der Waals surface area contributed by atoms with Crippen LogP contribution in [-0.2, 0) is 0 Å². The Balaban J connectivity index is 0.000000202. The summed E-state index contributed by atoms with van der Waals surface area (Å²) in [4.78, 5) is 0. The molecule has 0 heterocycles. The molecule has 0 aromatic heterocycles. The van der Waals surface area contributed by atoms with Crippen molar-refractivity contribution in [3.8, 4) is 0 Å². The van der Waals surface area contributed by atoms with Crippen LogP contribution in [0.15, 0.2) is 34.2 Å². The maximum atomic E-state index is 12.7. The first-order chi connectivity index (χ1) is 12.6. The van der Waals surface area contributed by atoms with Crippen molar-refractivity contribution < 1.29 is 13.2 Å². The van der Waals surface area contributed by atoms with Gasteiger partial charge in [0.25, 0.3) is 0 Å². The summed E-state index contributed by atoms with van der Waals surface area (Å²) in [6, 6.07) is 0. The summed E-state index contributed by atoms with van der Waals surface area (Å²) < 4.78 is 38.1. The zero-order valence-corrected chi connectivity index (χ0v) is 18.2. The zero-order chi connectivity index (χ0) is 20.6. The molecular weight excluding hydrogens is 345 g/mol. The van der Waals surface area contributed by atoms with Crippen molar-refractivity contribution >= 4 is 0 Å². The molecule has 0 N–H and O–H groups in total. The topological polar surface area (TPSA) is 0 Å². The standard InChI is InChI=1S/3C8H13F/c3*1-6-3-4-7(2)8(9)5-6/h3*6H,3-5H2,1-2H3. The Morgan fingerprint density at radius 3 is 0.889 bits per heavy atom. The number of allylic oxidation sites excluding steroid dienone is 6. The van der Waals surface area contributed by atoms with Crippen LogP contribution in [0.4, 0.5) is 13.2 Å². The Bertz CT molecular complexity index is 487. The number of hydrogen-bond acceptors (Lipinski definition) is 0. The van der Waals surface area contributed by atoms with Gasteiger partial charge in [0.1, 0.15) is 0 Å². The van der Waals surface area contributed by atoms with Gasteiger partial charge in [-0.15, -0.1) is 0 Å². The van der Waals surface area contributed by atoms with E-state index in [-0.39, 0.29) is 17.5 Å². The summed E-state index contributed by atoms with van der Waals surface area (Å²) in [5.74, 6) is 2.09. The third kappa shape index (κ3) is 9.17. The van der Waals surface area contributed by atoms with E-state index in [2.05, 4.69) is 20.8 Å². The van der Waals surface area contributed by atoms with Gasteiger partial charge < -0.3 is 0 Å². The van der Waals surface area contributed by atoms with Crippen LogP contribution in [0.25, 0.3) is 0 Å². The monoisotopic (exact) mass is 384 g/mol. The van der Waals surface area contributed by atoms with Crippen molar-refractivity contribution in [2.24, 2.45) is 17.8 Å². The van der Waals surface area contributed by atoms with Crippen LogP contribution >= 0.6 is 0 Å². The lowest BCUT2D eigenvalue weighted by Crippen LogP contribution is -2.02. The maximum Gasteiger partial charge on any atom is 0.0991 e. The Labute approximate surface area is 165 Å². The molecular formula is C24H39F3. The van der Waals surface area contributed by atoms with Gasteiger partial charge in [0, 0.05) is 19.3 Å². The van der Waals surface area contributed by atoms with Crippen LogP contribution in [0.3, 0.4) is 0 Å². The van der Waals surface area contributed by atoms with Gasteiger partial charge in [-0.2, -0.15) is 0 Å². The summed E-state index contributed by atoms with van der Waals surface area (Å²) in [5, 5.41) is 0. The van der Waals surface area contributed by atoms with Crippen molar-refractivity contribution in [1.82, 2.24) is 0 Å². The normalized spacial score (nSPS) is 29.0. The molecule has 3 rings (SSSR count). The Morgan fingerprint density at radius 1 is 0.519 bits per heavy atom. The molecule has 0 fully saturated rings. The molecule has 0 spiro atoms. The molecule has 0 radical (unpaired) electrons. The smallest absolute Gasteiger partial charge is 0.0991 e. The highest BCUT2D eigenvalue weighted by Crippen LogP contribution is 2.30. The fourth-order valence-corrected chi connectivity index (χ4v) is 3.54. The summed E-state index contributed by atoms with van der Waals surface area (Å²) >= 11 is 0. The first-order valence-corrected chi connectivity index (χ1v) is 10.6. The molecule has 3 heteroatoms. The van der Waals surface area contributed by atoms with Gasteiger partial charge in [-0.3, -0.25) is 0 Å². The van der Waals surface area contributed by atoms with Crippen molar-refractivity contribution in [3.63, 3.8) is 0 Å². The molecule has 0 saturated carbocycles. The molecule has 0 amide bonds. The third-order valence-corrected chi connectivity index (χ3v) is 6.01. The lowest BCUT2D eigenvalue weighted by Gasteiger charge is -2.17. The number of rotatable bonds is 0.